The molecule has 0 aliphatic rings. The van der Waals surface area contributed by atoms with Crippen LogP contribution in [0, 0.1) is 0 Å². The second-order valence-electron chi connectivity index (χ2n) is 5.08. The molecule has 7 heteroatoms. The van der Waals surface area contributed by atoms with Crippen molar-refractivity contribution in [1.29, 1.82) is 0 Å². The molecule has 0 aromatic heterocycles. The summed E-state index contributed by atoms with van der Waals surface area (Å²) in [6.45, 7) is 5.17. The van der Waals surface area contributed by atoms with Gasteiger partial charge in [0.2, 0.25) is 10.0 Å². The van der Waals surface area contributed by atoms with E-state index < -0.39 is 15.6 Å². The van der Waals surface area contributed by atoms with Gasteiger partial charge < -0.3 is 5.32 Å². The summed E-state index contributed by atoms with van der Waals surface area (Å²) in [5.41, 5.74) is -0.397. The molecule has 0 spiro atoms. The second kappa shape index (κ2) is 5.48. The topological polar surface area (TPSA) is 75.3 Å². The predicted octanol–water partition coefficient (Wildman–Crippen LogP) is 1.78. The minimum Gasteiger partial charge on any atom is -0.355 e. The van der Waals surface area contributed by atoms with Gasteiger partial charge in [-0.3, -0.25) is 4.79 Å². The fraction of sp³-hybridized carbons (Fsp3) is 0.417. The molecule has 0 heterocycles. The number of hydrogen-bond donors (Lipinski definition) is 2. The van der Waals surface area contributed by atoms with Gasteiger partial charge in [-0.25, -0.2) is 13.1 Å². The summed E-state index contributed by atoms with van der Waals surface area (Å²) < 4.78 is 26.9. The zero-order chi connectivity index (χ0) is 14.8. The normalized spacial score (nSPS) is 12.3. The van der Waals surface area contributed by atoms with Crippen LogP contribution in [0.2, 0.25) is 5.02 Å². The van der Waals surface area contributed by atoms with Crippen LogP contribution in [0.15, 0.2) is 23.1 Å². The molecule has 0 fully saturated rings. The van der Waals surface area contributed by atoms with Crippen LogP contribution >= 0.6 is 11.6 Å². The van der Waals surface area contributed by atoms with Gasteiger partial charge >= 0.3 is 0 Å². The highest BCUT2D eigenvalue weighted by molar-refractivity contribution is 7.89. The van der Waals surface area contributed by atoms with Crippen LogP contribution in [0.5, 0.6) is 0 Å². The van der Waals surface area contributed by atoms with Crippen LogP contribution in [0.4, 0.5) is 0 Å². The van der Waals surface area contributed by atoms with Gasteiger partial charge in [-0.1, -0.05) is 11.6 Å². The Hall–Kier alpha value is -1.11. The first-order chi connectivity index (χ1) is 8.57. The number of carbonyl (C=O) groups is 1. The molecule has 0 saturated carbocycles. The maximum Gasteiger partial charge on any atom is 0.251 e. The molecule has 1 rings (SSSR count). The van der Waals surface area contributed by atoms with E-state index in [0.29, 0.717) is 0 Å². The first kappa shape index (κ1) is 15.9. The molecule has 0 saturated heterocycles. The molecule has 0 bridgehead atoms. The van der Waals surface area contributed by atoms with E-state index in [1.54, 1.807) is 20.8 Å². The molecule has 106 valence electrons. The number of benzene rings is 1. The van der Waals surface area contributed by atoms with Crippen LogP contribution in [0.3, 0.4) is 0 Å². The molecule has 1 amide bonds. The van der Waals surface area contributed by atoms with E-state index >= 15 is 0 Å². The van der Waals surface area contributed by atoms with Gasteiger partial charge in [0.1, 0.15) is 4.90 Å². The number of amides is 1. The summed E-state index contributed by atoms with van der Waals surface area (Å²) in [4.78, 5) is 11.4. The van der Waals surface area contributed by atoms with Gasteiger partial charge in [0.15, 0.2) is 0 Å². The lowest BCUT2D eigenvalue weighted by molar-refractivity contribution is 0.0963. The Morgan fingerprint density at radius 3 is 2.32 bits per heavy atom. The monoisotopic (exact) mass is 304 g/mol. The highest BCUT2D eigenvalue weighted by atomic mass is 35.5. The Morgan fingerprint density at radius 1 is 1.26 bits per heavy atom. The van der Waals surface area contributed by atoms with Crippen molar-refractivity contribution in [3.05, 3.63) is 28.8 Å². The summed E-state index contributed by atoms with van der Waals surface area (Å²) in [5, 5.41) is 2.50. The molecular weight excluding hydrogens is 288 g/mol. The maximum atomic E-state index is 12.2. The summed E-state index contributed by atoms with van der Waals surface area (Å²) in [6, 6.07) is 4.12. The van der Waals surface area contributed by atoms with Crippen molar-refractivity contribution in [1.82, 2.24) is 10.0 Å². The molecule has 1 aromatic rings. The van der Waals surface area contributed by atoms with E-state index in [4.69, 9.17) is 11.6 Å². The van der Waals surface area contributed by atoms with E-state index in [-0.39, 0.29) is 21.4 Å². The lowest BCUT2D eigenvalue weighted by Crippen LogP contribution is -2.40. The Kier molecular flexibility index (Phi) is 4.60. The third-order valence-electron chi connectivity index (χ3n) is 2.15. The molecule has 1 aromatic carbocycles. The van der Waals surface area contributed by atoms with Gasteiger partial charge in [0, 0.05) is 18.2 Å². The van der Waals surface area contributed by atoms with Crippen LogP contribution in [0.1, 0.15) is 31.1 Å². The Morgan fingerprint density at radius 2 is 1.84 bits per heavy atom. The third kappa shape index (κ3) is 4.19. The average Bonchev–Trinajstić information content (AvgIpc) is 2.25. The fourth-order valence-corrected chi connectivity index (χ4v) is 3.40. The highest BCUT2D eigenvalue weighted by Crippen LogP contribution is 2.23. The van der Waals surface area contributed by atoms with Crippen molar-refractivity contribution in [2.75, 3.05) is 7.05 Å². The van der Waals surface area contributed by atoms with E-state index in [9.17, 15) is 13.2 Å². The zero-order valence-corrected chi connectivity index (χ0v) is 12.8. The first-order valence-electron chi connectivity index (χ1n) is 5.62. The summed E-state index contributed by atoms with van der Waals surface area (Å²) in [7, 11) is -2.30. The minimum atomic E-state index is -3.77. The van der Waals surface area contributed by atoms with Crippen molar-refractivity contribution in [3.63, 3.8) is 0 Å². The fourth-order valence-electron chi connectivity index (χ4n) is 1.45. The lowest BCUT2D eigenvalue weighted by atomic mass is 10.1. The average molecular weight is 305 g/mol. The number of rotatable bonds is 3. The number of carbonyl (C=O) groups excluding carboxylic acids is 1. The Balaban J connectivity index is 3.30. The van der Waals surface area contributed by atoms with Gasteiger partial charge in [0.05, 0.1) is 5.02 Å². The van der Waals surface area contributed by atoms with Gasteiger partial charge in [0.25, 0.3) is 5.91 Å². The van der Waals surface area contributed by atoms with Crippen LogP contribution in [-0.2, 0) is 10.0 Å². The lowest BCUT2D eigenvalue weighted by Gasteiger charge is -2.21. The maximum absolute atomic E-state index is 12.2. The predicted molar refractivity (Wildman–Crippen MR) is 74.9 cm³/mol. The molecule has 5 nitrogen and oxygen atoms in total. The standard InChI is InChI=1S/C12H17ClN2O3S/c1-12(2,3)15-19(17,18)10-7-8(11(16)14-4)5-6-9(10)13/h5-7,15H,1-4H3,(H,14,16). The quantitative estimate of drug-likeness (QED) is 0.894. The van der Waals surface area contributed by atoms with E-state index in [0.717, 1.165) is 0 Å². The third-order valence-corrected chi connectivity index (χ3v) is 4.39. The zero-order valence-electron chi connectivity index (χ0n) is 11.2. The van der Waals surface area contributed by atoms with Gasteiger partial charge in [-0.05, 0) is 39.0 Å². The van der Waals surface area contributed by atoms with Crippen molar-refractivity contribution >= 4 is 27.5 Å². The Bertz CT molecular complexity index is 591. The van der Waals surface area contributed by atoms with Gasteiger partial charge in [-0.2, -0.15) is 0 Å². The number of sulfonamides is 1. The Labute approximate surface area is 118 Å². The molecule has 19 heavy (non-hydrogen) atoms. The molecule has 0 aliphatic heterocycles. The van der Waals surface area contributed by atoms with Crippen molar-refractivity contribution in [2.24, 2.45) is 0 Å². The summed E-state index contributed by atoms with van der Waals surface area (Å²) >= 11 is 5.91. The van der Waals surface area contributed by atoms with Crippen LogP contribution < -0.4 is 10.0 Å². The molecular formula is C12H17ClN2O3S. The van der Waals surface area contributed by atoms with Crippen molar-refractivity contribution < 1.29 is 13.2 Å². The molecule has 0 atom stereocenters. The molecule has 0 unspecified atom stereocenters. The van der Waals surface area contributed by atoms with E-state index in [2.05, 4.69) is 10.0 Å². The van der Waals surface area contributed by atoms with Crippen molar-refractivity contribution in [3.8, 4) is 0 Å². The highest BCUT2D eigenvalue weighted by Gasteiger charge is 2.25. The number of nitrogens with one attached hydrogen (secondary N) is 2. The van der Waals surface area contributed by atoms with Crippen LogP contribution in [0.25, 0.3) is 0 Å². The second-order valence-corrected chi connectivity index (χ2v) is 7.14. The van der Waals surface area contributed by atoms with Crippen LogP contribution in [-0.4, -0.2) is 26.9 Å². The smallest absolute Gasteiger partial charge is 0.251 e. The SMILES string of the molecule is CNC(=O)c1ccc(Cl)c(S(=O)(=O)NC(C)(C)C)c1. The van der Waals surface area contributed by atoms with E-state index in [1.165, 1.54) is 25.2 Å². The first-order valence-corrected chi connectivity index (χ1v) is 7.48. The number of hydrogen-bond acceptors (Lipinski definition) is 3. The van der Waals surface area contributed by atoms with E-state index in [1.807, 2.05) is 0 Å². The summed E-state index contributed by atoms with van der Waals surface area (Å²) in [6.07, 6.45) is 0. The molecule has 0 radical (unpaired) electrons. The van der Waals surface area contributed by atoms with Crippen molar-refractivity contribution in [2.45, 2.75) is 31.2 Å². The largest absolute Gasteiger partial charge is 0.355 e. The molecule has 2 N–H and O–H groups in total. The minimum absolute atomic E-state index is 0.0735. The summed E-state index contributed by atoms with van der Waals surface area (Å²) in [5.74, 6) is -0.371. The van der Waals surface area contributed by atoms with Gasteiger partial charge in [-0.15, -0.1) is 0 Å². The number of halogens is 1. The molecule has 0 aliphatic carbocycles.